The molecule has 0 radical (unpaired) electrons. The normalized spacial score (nSPS) is 15.7. The number of rotatable bonds is 5. The molecule has 0 amide bonds. The van der Waals surface area contributed by atoms with Crippen molar-refractivity contribution in [3.05, 3.63) is 30.5 Å². The molecule has 0 atom stereocenters. The van der Waals surface area contributed by atoms with Gasteiger partial charge in [0.1, 0.15) is 5.75 Å². The Kier molecular flexibility index (Phi) is 5.24. The van der Waals surface area contributed by atoms with Gasteiger partial charge in [-0.3, -0.25) is 0 Å². The van der Waals surface area contributed by atoms with Crippen LogP contribution in [-0.4, -0.2) is 28.3 Å². The fourth-order valence-electron chi connectivity index (χ4n) is 2.85. The third-order valence-electron chi connectivity index (χ3n) is 4.11. The summed E-state index contributed by atoms with van der Waals surface area (Å²) in [6.45, 7) is 0. The van der Waals surface area contributed by atoms with Crippen molar-refractivity contribution in [1.29, 1.82) is 0 Å². The van der Waals surface area contributed by atoms with E-state index in [1.54, 1.807) is 13.3 Å². The average molecular weight is 313 g/mol. The van der Waals surface area contributed by atoms with E-state index in [0.29, 0.717) is 17.8 Å². The predicted molar refractivity (Wildman–Crippen MR) is 91.2 cm³/mol. The summed E-state index contributed by atoms with van der Waals surface area (Å²) in [5.74, 6) is 2.10. The van der Waals surface area contributed by atoms with Gasteiger partial charge in [-0.1, -0.05) is 25.7 Å². The number of aromatic nitrogens is 3. The topological polar surface area (TPSA) is 72.0 Å². The van der Waals surface area contributed by atoms with Gasteiger partial charge in [-0.2, -0.15) is 10.1 Å². The van der Waals surface area contributed by atoms with Crippen molar-refractivity contribution in [1.82, 2.24) is 15.2 Å². The highest BCUT2D eigenvalue weighted by Crippen LogP contribution is 2.21. The maximum Gasteiger partial charge on any atom is 0.244 e. The SMILES string of the molecule is COc1ccc(Nc2cnnc(NC3CCCCCC3)n2)cc1. The molecule has 1 aliphatic rings. The van der Waals surface area contributed by atoms with E-state index in [1.807, 2.05) is 24.3 Å². The molecule has 0 saturated heterocycles. The molecule has 2 aromatic rings. The number of nitrogens with zero attached hydrogens (tertiary/aromatic N) is 3. The number of anilines is 3. The molecule has 0 unspecified atom stereocenters. The lowest BCUT2D eigenvalue weighted by Gasteiger charge is -2.16. The van der Waals surface area contributed by atoms with Crippen LogP contribution in [0.4, 0.5) is 17.5 Å². The number of nitrogens with one attached hydrogen (secondary N) is 2. The van der Waals surface area contributed by atoms with Crippen molar-refractivity contribution < 1.29 is 4.74 Å². The van der Waals surface area contributed by atoms with E-state index >= 15 is 0 Å². The second-order valence-electron chi connectivity index (χ2n) is 5.85. The lowest BCUT2D eigenvalue weighted by Crippen LogP contribution is -2.20. The predicted octanol–water partition coefficient (Wildman–Crippen LogP) is 3.76. The van der Waals surface area contributed by atoms with Gasteiger partial charge in [-0.05, 0) is 37.1 Å². The van der Waals surface area contributed by atoms with Crippen LogP contribution in [0.1, 0.15) is 38.5 Å². The molecule has 6 nitrogen and oxygen atoms in total. The van der Waals surface area contributed by atoms with Crippen LogP contribution in [0.25, 0.3) is 0 Å². The number of benzene rings is 1. The van der Waals surface area contributed by atoms with Gasteiger partial charge in [0.15, 0.2) is 5.82 Å². The first-order chi connectivity index (χ1) is 11.3. The fourth-order valence-corrected chi connectivity index (χ4v) is 2.85. The van der Waals surface area contributed by atoms with Gasteiger partial charge < -0.3 is 15.4 Å². The zero-order valence-electron chi connectivity index (χ0n) is 13.5. The van der Waals surface area contributed by atoms with Crippen molar-refractivity contribution in [2.75, 3.05) is 17.7 Å². The number of ether oxygens (including phenoxy) is 1. The molecule has 1 fully saturated rings. The van der Waals surface area contributed by atoms with Crippen LogP contribution < -0.4 is 15.4 Å². The van der Waals surface area contributed by atoms with Crippen molar-refractivity contribution in [3.63, 3.8) is 0 Å². The molecule has 1 aromatic carbocycles. The van der Waals surface area contributed by atoms with Gasteiger partial charge in [0.2, 0.25) is 5.95 Å². The number of methoxy groups -OCH3 is 1. The third kappa shape index (κ3) is 4.55. The third-order valence-corrected chi connectivity index (χ3v) is 4.11. The van der Waals surface area contributed by atoms with Crippen molar-refractivity contribution in [2.45, 2.75) is 44.6 Å². The average Bonchev–Trinajstić information content (AvgIpc) is 2.85. The van der Waals surface area contributed by atoms with Crippen LogP contribution in [0, 0.1) is 0 Å². The minimum atomic E-state index is 0.454. The van der Waals surface area contributed by atoms with Gasteiger partial charge >= 0.3 is 0 Å². The van der Waals surface area contributed by atoms with Crippen LogP contribution in [-0.2, 0) is 0 Å². The Morgan fingerprint density at radius 3 is 2.48 bits per heavy atom. The summed E-state index contributed by atoms with van der Waals surface area (Å²) < 4.78 is 5.16. The molecule has 0 aliphatic heterocycles. The summed E-state index contributed by atoms with van der Waals surface area (Å²) in [5.41, 5.74) is 0.937. The summed E-state index contributed by atoms with van der Waals surface area (Å²) in [4.78, 5) is 4.51. The molecule has 122 valence electrons. The Labute approximate surface area is 136 Å². The van der Waals surface area contributed by atoms with Crippen molar-refractivity contribution >= 4 is 17.5 Å². The summed E-state index contributed by atoms with van der Waals surface area (Å²) in [6.07, 6.45) is 9.19. The van der Waals surface area contributed by atoms with Crippen LogP contribution in [0.5, 0.6) is 5.75 Å². The summed E-state index contributed by atoms with van der Waals surface area (Å²) in [7, 11) is 1.65. The Morgan fingerprint density at radius 1 is 1.04 bits per heavy atom. The van der Waals surface area contributed by atoms with E-state index in [1.165, 1.54) is 38.5 Å². The van der Waals surface area contributed by atoms with E-state index in [-0.39, 0.29) is 0 Å². The number of hydrogen-bond acceptors (Lipinski definition) is 6. The minimum absolute atomic E-state index is 0.454. The Hall–Kier alpha value is -2.37. The summed E-state index contributed by atoms with van der Waals surface area (Å²) in [5, 5.41) is 14.8. The molecule has 3 rings (SSSR count). The van der Waals surface area contributed by atoms with E-state index < -0.39 is 0 Å². The maximum absolute atomic E-state index is 5.16. The zero-order valence-corrected chi connectivity index (χ0v) is 13.5. The van der Waals surface area contributed by atoms with E-state index in [4.69, 9.17) is 4.74 Å². The molecule has 0 bridgehead atoms. The van der Waals surface area contributed by atoms with Crippen LogP contribution in [0.15, 0.2) is 30.5 Å². The highest BCUT2D eigenvalue weighted by molar-refractivity contribution is 5.57. The Morgan fingerprint density at radius 2 is 1.78 bits per heavy atom. The standard InChI is InChI=1S/C17H23N5O/c1-23-15-10-8-14(9-11-15)19-16-12-18-22-17(21-16)20-13-6-4-2-3-5-7-13/h8-13H,2-7H2,1H3,(H2,19,20,21,22). The molecule has 1 aliphatic carbocycles. The molecular formula is C17H23N5O. The Bertz CT molecular complexity index is 609. The molecule has 1 aromatic heterocycles. The first-order valence-corrected chi connectivity index (χ1v) is 8.21. The monoisotopic (exact) mass is 313 g/mol. The van der Waals surface area contributed by atoms with Gasteiger partial charge in [-0.25, -0.2) is 0 Å². The van der Waals surface area contributed by atoms with Crippen molar-refractivity contribution in [3.8, 4) is 5.75 Å². The van der Waals surface area contributed by atoms with Crippen molar-refractivity contribution in [2.24, 2.45) is 0 Å². The first-order valence-electron chi connectivity index (χ1n) is 8.21. The van der Waals surface area contributed by atoms with Gasteiger partial charge in [-0.15, -0.1) is 5.10 Å². The van der Waals surface area contributed by atoms with E-state index in [0.717, 1.165) is 11.4 Å². The van der Waals surface area contributed by atoms with E-state index in [9.17, 15) is 0 Å². The summed E-state index contributed by atoms with van der Waals surface area (Å²) in [6, 6.07) is 8.15. The quantitative estimate of drug-likeness (QED) is 0.819. The zero-order chi connectivity index (χ0) is 15.9. The smallest absolute Gasteiger partial charge is 0.244 e. The van der Waals surface area contributed by atoms with Crippen LogP contribution in [0.2, 0.25) is 0 Å². The second-order valence-corrected chi connectivity index (χ2v) is 5.85. The van der Waals surface area contributed by atoms with E-state index in [2.05, 4.69) is 25.8 Å². The fraction of sp³-hybridized carbons (Fsp3) is 0.471. The van der Waals surface area contributed by atoms with Crippen LogP contribution in [0.3, 0.4) is 0 Å². The first kappa shape index (κ1) is 15.5. The minimum Gasteiger partial charge on any atom is -0.497 e. The molecule has 6 heteroatoms. The van der Waals surface area contributed by atoms with Gasteiger partial charge in [0, 0.05) is 11.7 Å². The largest absolute Gasteiger partial charge is 0.497 e. The molecule has 1 saturated carbocycles. The second kappa shape index (κ2) is 7.76. The molecule has 2 N–H and O–H groups in total. The highest BCUT2D eigenvalue weighted by atomic mass is 16.5. The molecule has 1 heterocycles. The van der Waals surface area contributed by atoms with Gasteiger partial charge in [0.25, 0.3) is 0 Å². The lowest BCUT2D eigenvalue weighted by atomic mass is 10.1. The van der Waals surface area contributed by atoms with Crippen LogP contribution >= 0.6 is 0 Å². The maximum atomic E-state index is 5.16. The highest BCUT2D eigenvalue weighted by Gasteiger charge is 2.13. The molecule has 23 heavy (non-hydrogen) atoms. The molecular weight excluding hydrogens is 290 g/mol. The van der Waals surface area contributed by atoms with Gasteiger partial charge in [0.05, 0.1) is 13.3 Å². The number of hydrogen-bond donors (Lipinski definition) is 2. The molecule has 0 spiro atoms. The Balaban J connectivity index is 1.64. The summed E-state index contributed by atoms with van der Waals surface area (Å²) >= 11 is 0. The lowest BCUT2D eigenvalue weighted by molar-refractivity contribution is 0.415.